The fourth-order valence-corrected chi connectivity index (χ4v) is 3.28. The topological polar surface area (TPSA) is 33.2 Å². The summed E-state index contributed by atoms with van der Waals surface area (Å²) in [5.41, 5.74) is 0.340. The molecule has 110 valence electrons. The molecule has 1 aliphatic rings. The van der Waals surface area contributed by atoms with Gasteiger partial charge in [-0.25, -0.2) is 14.3 Å². The summed E-state index contributed by atoms with van der Waals surface area (Å²) >= 11 is 12.1. The molecule has 1 saturated heterocycles. The molecule has 0 radical (unpaired) electrons. The molecule has 3 rings (SSSR count). The number of hydrogen-bond donors (Lipinski definition) is 0. The van der Waals surface area contributed by atoms with E-state index in [0.29, 0.717) is 25.6 Å². The van der Waals surface area contributed by atoms with Gasteiger partial charge < -0.3 is 0 Å². The van der Waals surface area contributed by atoms with E-state index in [9.17, 15) is 9.18 Å². The van der Waals surface area contributed by atoms with E-state index in [-0.39, 0.29) is 5.91 Å². The predicted molar refractivity (Wildman–Crippen MR) is 91.3 cm³/mol. The van der Waals surface area contributed by atoms with E-state index < -0.39 is 5.82 Å². The molecule has 0 N–H and O–H groups in total. The van der Waals surface area contributed by atoms with Gasteiger partial charge in [0.2, 0.25) is 0 Å². The van der Waals surface area contributed by atoms with Crippen molar-refractivity contribution in [1.29, 1.82) is 0 Å². The Labute approximate surface area is 140 Å². The lowest BCUT2D eigenvalue weighted by atomic mass is 10.2. The van der Waals surface area contributed by atoms with Crippen LogP contribution in [0.4, 0.5) is 10.2 Å². The Bertz CT molecular complexity index is 792. The van der Waals surface area contributed by atoms with Crippen LogP contribution < -0.4 is 4.90 Å². The van der Waals surface area contributed by atoms with Gasteiger partial charge in [0.25, 0.3) is 5.91 Å². The normalized spacial score (nSPS) is 16.6. The van der Waals surface area contributed by atoms with Crippen LogP contribution in [0.3, 0.4) is 0 Å². The Morgan fingerprint density at radius 1 is 1.27 bits per heavy atom. The minimum absolute atomic E-state index is 0.326. The molecule has 0 bridgehead atoms. The lowest BCUT2D eigenvalue weighted by molar-refractivity contribution is -0.113. The number of carbonyl (C=O) groups excluding carboxylic acids is 1. The van der Waals surface area contributed by atoms with Crippen molar-refractivity contribution in [2.24, 2.45) is 0 Å². The molecule has 0 unspecified atom stereocenters. The summed E-state index contributed by atoms with van der Waals surface area (Å²) in [5.74, 6) is -0.325. The van der Waals surface area contributed by atoms with E-state index in [1.54, 1.807) is 30.3 Å². The molecule has 7 heteroatoms. The summed E-state index contributed by atoms with van der Waals surface area (Å²) in [5, 5.41) is 0.469. The van der Waals surface area contributed by atoms with E-state index in [1.165, 1.54) is 23.2 Å². The van der Waals surface area contributed by atoms with Crippen LogP contribution in [0, 0.1) is 5.82 Å². The lowest BCUT2D eigenvalue weighted by Gasteiger charge is -2.12. The van der Waals surface area contributed by atoms with Gasteiger partial charge in [-0.2, -0.15) is 0 Å². The van der Waals surface area contributed by atoms with Gasteiger partial charge in [0.05, 0.1) is 9.93 Å². The summed E-state index contributed by atoms with van der Waals surface area (Å²) in [6.07, 6.45) is 2.93. The Kier molecular flexibility index (Phi) is 4.24. The lowest BCUT2D eigenvalue weighted by Crippen LogP contribution is -2.28. The van der Waals surface area contributed by atoms with Gasteiger partial charge in [0.1, 0.15) is 11.6 Å². The quantitative estimate of drug-likeness (QED) is 0.598. The van der Waals surface area contributed by atoms with Gasteiger partial charge >= 0.3 is 0 Å². The Morgan fingerprint density at radius 2 is 2.05 bits per heavy atom. The standard InChI is InChI=1S/C15H8ClFN2OS2/c16-10-5-6-13(18-8-10)19-14(20)12(22-15(19)21)7-9-3-1-2-4-11(9)17/h1-8H/b12-7-. The zero-order chi connectivity index (χ0) is 15.7. The fourth-order valence-electron chi connectivity index (χ4n) is 1.90. The van der Waals surface area contributed by atoms with E-state index in [4.69, 9.17) is 23.8 Å². The molecule has 3 nitrogen and oxygen atoms in total. The van der Waals surface area contributed by atoms with Crippen molar-refractivity contribution >= 4 is 57.7 Å². The molecule has 1 aromatic carbocycles. The van der Waals surface area contributed by atoms with Crippen molar-refractivity contribution in [3.05, 3.63) is 63.9 Å². The smallest absolute Gasteiger partial charge is 0.268 e. The number of halogens is 2. The predicted octanol–water partition coefficient (Wildman–Crippen LogP) is 4.28. The number of amides is 1. The molecule has 0 saturated carbocycles. The number of anilines is 1. The highest BCUT2D eigenvalue weighted by atomic mass is 35.5. The summed E-state index contributed by atoms with van der Waals surface area (Å²) in [6, 6.07) is 9.48. The number of pyridine rings is 1. The van der Waals surface area contributed by atoms with E-state index in [1.807, 2.05) is 0 Å². The average Bonchev–Trinajstić information content (AvgIpc) is 2.77. The third-order valence-corrected chi connectivity index (χ3v) is 4.45. The Hall–Kier alpha value is -1.76. The first-order valence-electron chi connectivity index (χ1n) is 6.20. The SMILES string of the molecule is O=C1/C(=C/c2ccccc2F)SC(=S)N1c1ccc(Cl)cn1. The summed E-state index contributed by atoms with van der Waals surface area (Å²) in [4.78, 5) is 18.2. The van der Waals surface area contributed by atoms with Crippen LogP contribution in [0.2, 0.25) is 5.02 Å². The molecule has 0 aliphatic carbocycles. The van der Waals surface area contributed by atoms with Gasteiger partial charge in [0.15, 0.2) is 4.32 Å². The number of hydrogen-bond acceptors (Lipinski definition) is 4. The van der Waals surface area contributed by atoms with Crippen molar-refractivity contribution in [3.8, 4) is 0 Å². The number of thiocarbonyl (C=S) groups is 1. The van der Waals surface area contributed by atoms with E-state index in [0.717, 1.165) is 11.8 Å². The molecule has 1 aliphatic heterocycles. The molecule has 2 heterocycles. The first-order valence-corrected chi connectivity index (χ1v) is 7.80. The van der Waals surface area contributed by atoms with Crippen LogP contribution in [0.15, 0.2) is 47.5 Å². The molecular weight excluding hydrogens is 343 g/mol. The Balaban J connectivity index is 1.95. The molecule has 1 amide bonds. The number of carbonyl (C=O) groups is 1. The first-order chi connectivity index (χ1) is 10.6. The van der Waals surface area contributed by atoms with Gasteiger partial charge in [-0.1, -0.05) is 53.8 Å². The maximum Gasteiger partial charge on any atom is 0.271 e. The second-order valence-electron chi connectivity index (χ2n) is 4.37. The van der Waals surface area contributed by atoms with Crippen LogP contribution >= 0.6 is 35.6 Å². The van der Waals surface area contributed by atoms with Gasteiger partial charge in [-0.05, 0) is 24.3 Å². The van der Waals surface area contributed by atoms with Crippen LogP contribution in [-0.2, 0) is 4.79 Å². The Morgan fingerprint density at radius 3 is 2.73 bits per heavy atom. The molecule has 22 heavy (non-hydrogen) atoms. The minimum atomic E-state index is -0.391. The highest BCUT2D eigenvalue weighted by Gasteiger charge is 2.34. The maximum atomic E-state index is 13.7. The van der Waals surface area contributed by atoms with Crippen molar-refractivity contribution in [2.45, 2.75) is 0 Å². The summed E-state index contributed by atoms with van der Waals surface area (Å²) in [6.45, 7) is 0. The molecule has 0 atom stereocenters. The van der Waals surface area contributed by atoms with Gasteiger partial charge in [0, 0.05) is 11.8 Å². The third kappa shape index (κ3) is 2.90. The fraction of sp³-hybridized carbons (Fsp3) is 0. The highest BCUT2D eigenvalue weighted by molar-refractivity contribution is 8.27. The maximum absolute atomic E-state index is 13.7. The average molecular weight is 351 g/mol. The second-order valence-corrected chi connectivity index (χ2v) is 6.49. The van der Waals surface area contributed by atoms with Gasteiger partial charge in [-0.15, -0.1) is 0 Å². The van der Waals surface area contributed by atoms with Crippen molar-refractivity contribution in [1.82, 2.24) is 4.98 Å². The van der Waals surface area contributed by atoms with Gasteiger partial charge in [-0.3, -0.25) is 4.79 Å². The second kappa shape index (κ2) is 6.16. The molecule has 1 fully saturated rings. The number of nitrogens with zero attached hydrogens (tertiary/aromatic N) is 2. The minimum Gasteiger partial charge on any atom is -0.268 e. The van der Waals surface area contributed by atoms with Crippen molar-refractivity contribution < 1.29 is 9.18 Å². The van der Waals surface area contributed by atoms with Crippen LogP contribution in [0.25, 0.3) is 6.08 Å². The van der Waals surface area contributed by atoms with Crippen molar-refractivity contribution in [3.63, 3.8) is 0 Å². The molecule has 1 aromatic heterocycles. The number of benzene rings is 1. The molecular formula is C15H8ClFN2OS2. The number of aromatic nitrogens is 1. The zero-order valence-corrected chi connectivity index (χ0v) is 13.4. The van der Waals surface area contributed by atoms with E-state index in [2.05, 4.69) is 4.98 Å². The largest absolute Gasteiger partial charge is 0.271 e. The summed E-state index contributed by atoms with van der Waals surface area (Å²) < 4.78 is 14.0. The first kappa shape index (κ1) is 15.1. The highest BCUT2D eigenvalue weighted by Crippen LogP contribution is 2.35. The number of rotatable bonds is 2. The third-order valence-electron chi connectivity index (χ3n) is 2.93. The van der Waals surface area contributed by atoms with Crippen LogP contribution in [0.1, 0.15) is 5.56 Å². The van der Waals surface area contributed by atoms with Crippen LogP contribution in [0.5, 0.6) is 0 Å². The summed E-state index contributed by atoms with van der Waals surface area (Å²) in [7, 11) is 0. The zero-order valence-electron chi connectivity index (χ0n) is 11.0. The van der Waals surface area contributed by atoms with Crippen molar-refractivity contribution in [2.75, 3.05) is 4.90 Å². The number of thioether (sulfide) groups is 1. The molecule has 0 spiro atoms. The van der Waals surface area contributed by atoms with Crippen LogP contribution in [-0.4, -0.2) is 15.2 Å². The molecule has 2 aromatic rings. The van der Waals surface area contributed by atoms with E-state index >= 15 is 0 Å². The monoisotopic (exact) mass is 350 g/mol.